The summed E-state index contributed by atoms with van der Waals surface area (Å²) in [4.78, 5) is 11.4. The van der Waals surface area contributed by atoms with Crippen molar-refractivity contribution in [3.05, 3.63) is 0 Å². The third-order valence-corrected chi connectivity index (χ3v) is 2.51. The zero-order chi connectivity index (χ0) is 16.0. The van der Waals surface area contributed by atoms with E-state index >= 15 is 0 Å². The highest BCUT2D eigenvalue weighted by molar-refractivity contribution is 5.69. The van der Waals surface area contributed by atoms with E-state index in [2.05, 4.69) is 6.92 Å². The van der Waals surface area contributed by atoms with Crippen molar-refractivity contribution in [1.29, 1.82) is 0 Å². The molecule has 0 aliphatic carbocycles. The Balaban J connectivity index is 3.17. The molecule has 0 saturated heterocycles. The topological polar surface area (TPSA) is 54.0 Å². The molecule has 0 fully saturated rings. The van der Waals surface area contributed by atoms with Crippen LogP contribution in [0.3, 0.4) is 0 Å². The van der Waals surface area contributed by atoms with E-state index in [0.29, 0.717) is 33.0 Å². The van der Waals surface area contributed by atoms with E-state index < -0.39 is 5.60 Å². The van der Waals surface area contributed by atoms with Gasteiger partial charge in [0.15, 0.2) is 0 Å². The summed E-state index contributed by atoms with van der Waals surface area (Å²) in [5.74, 6) is -0.233. The van der Waals surface area contributed by atoms with Gasteiger partial charge in [-0.3, -0.25) is 4.79 Å². The average Bonchev–Trinajstić information content (AvgIpc) is 2.38. The van der Waals surface area contributed by atoms with E-state index in [9.17, 15) is 4.79 Å². The molecule has 0 spiro atoms. The fourth-order valence-electron chi connectivity index (χ4n) is 1.54. The number of carbonyl (C=O) groups is 1. The summed E-state index contributed by atoms with van der Waals surface area (Å²) < 4.78 is 21.3. The zero-order valence-corrected chi connectivity index (χ0v) is 14.1. The molecule has 0 bridgehead atoms. The first-order valence-electron chi connectivity index (χ1n) is 7.91. The fourth-order valence-corrected chi connectivity index (χ4v) is 1.54. The number of hydrogen-bond acceptors (Lipinski definition) is 5. The highest BCUT2D eigenvalue weighted by Gasteiger charge is 2.15. The Kier molecular flexibility index (Phi) is 12.6. The molecule has 0 aromatic carbocycles. The molecule has 21 heavy (non-hydrogen) atoms. The van der Waals surface area contributed by atoms with Crippen molar-refractivity contribution in [2.24, 2.45) is 0 Å². The summed E-state index contributed by atoms with van der Waals surface area (Å²) >= 11 is 0. The maximum Gasteiger partial charge on any atom is 0.308 e. The maximum absolute atomic E-state index is 11.4. The van der Waals surface area contributed by atoms with Crippen molar-refractivity contribution in [3.8, 4) is 0 Å². The fraction of sp³-hybridized carbons (Fsp3) is 0.938. The molecule has 0 N–H and O–H groups in total. The zero-order valence-electron chi connectivity index (χ0n) is 14.1. The molecule has 0 unspecified atom stereocenters. The van der Waals surface area contributed by atoms with Gasteiger partial charge in [0.25, 0.3) is 0 Å². The lowest BCUT2D eigenvalue weighted by atomic mass is 10.2. The smallest absolute Gasteiger partial charge is 0.308 e. The molecular weight excluding hydrogens is 272 g/mol. The van der Waals surface area contributed by atoms with Gasteiger partial charge in [-0.05, 0) is 27.2 Å². The second-order valence-electron chi connectivity index (χ2n) is 5.88. The summed E-state index contributed by atoms with van der Waals surface area (Å²) in [7, 11) is 0. The quantitative estimate of drug-likeness (QED) is 0.387. The van der Waals surface area contributed by atoms with Gasteiger partial charge in [0.2, 0.25) is 0 Å². The molecule has 5 nitrogen and oxygen atoms in total. The Morgan fingerprint density at radius 2 is 1.33 bits per heavy atom. The third kappa shape index (κ3) is 17.3. The molecule has 0 atom stereocenters. The SMILES string of the molecule is CCCCCOCCOCCOCCC(=O)OC(C)(C)C. The lowest BCUT2D eigenvalue weighted by Crippen LogP contribution is -2.24. The predicted molar refractivity (Wildman–Crippen MR) is 82.4 cm³/mol. The summed E-state index contributed by atoms with van der Waals surface area (Å²) in [6.07, 6.45) is 3.81. The molecule has 0 aliphatic rings. The van der Waals surface area contributed by atoms with Gasteiger partial charge in [0, 0.05) is 6.61 Å². The number of hydrogen-bond donors (Lipinski definition) is 0. The summed E-state index contributed by atoms with van der Waals surface area (Å²) in [5.41, 5.74) is -0.433. The standard InChI is InChI=1S/C16H32O5/c1-5-6-7-9-18-11-13-20-14-12-19-10-8-15(17)21-16(2,3)4/h5-14H2,1-4H3. The lowest BCUT2D eigenvalue weighted by Gasteiger charge is -2.19. The lowest BCUT2D eigenvalue weighted by molar-refractivity contribution is -0.156. The van der Waals surface area contributed by atoms with E-state index in [1.54, 1.807) is 0 Å². The summed E-state index contributed by atoms with van der Waals surface area (Å²) in [5, 5.41) is 0. The number of rotatable bonds is 13. The van der Waals surface area contributed by atoms with Crippen LogP contribution >= 0.6 is 0 Å². The molecule has 0 aromatic rings. The van der Waals surface area contributed by atoms with E-state index in [1.165, 1.54) is 12.8 Å². The van der Waals surface area contributed by atoms with Gasteiger partial charge in [-0.25, -0.2) is 0 Å². The minimum atomic E-state index is -0.433. The monoisotopic (exact) mass is 304 g/mol. The van der Waals surface area contributed by atoms with Crippen LogP contribution in [0.2, 0.25) is 0 Å². The Morgan fingerprint density at radius 1 is 0.810 bits per heavy atom. The molecule has 0 amide bonds. The van der Waals surface area contributed by atoms with Crippen LogP contribution in [0.25, 0.3) is 0 Å². The number of ether oxygens (including phenoxy) is 4. The van der Waals surface area contributed by atoms with Crippen LogP contribution < -0.4 is 0 Å². The molecule has 0 aliphatic heterocycles. The van der Waals surface area contributed by atoms with Crippen LogP contribution in [0.5, 0.6) is 0 Å². The van der Waals surface area contributed by atoms with Crippen molar-refractivity contribution in [2.75, 3.05) is 39.6 Å². The Bertz CT molecular complexity index is 248. The molecule has 5 heteroatoms. The van der Waals surface area contributed by atoms with Crippen molar-refractivity contribution >= 4 is 5.97 Å². The minimum Gasteiger partial charge on any atom is -0.460 e. The third-order valence-electron chi connectivity index (χ3n) is 2.51. The molecule has 0 aromatic heterocycles. The van der Waals surface area contributed by atoms with Crippen LogP contribution in [0.1, 0.15) is 53.4 Å². The van der Waals surface area contributed by atoms with Crippen LogP contribution in [-0.4, -0.2) is 51.2 Å². The second kappa shape index (κ2) is 13.0. The first-order chi connectivity index (χ1) is 9.95. The number of esters is 1. The van der Waals surface area contributed by atoms with Gasteiger partial charge in [-0.2, -0.15) is 0 Å². The highest BCUT2D eigenvalue weighted by Crippen LogP contribution is 2.07. The van der Waals surface area contributed by atoms with Gasteiger partial charge in [-0.1, -0.05) is 19.8 Å². The molecule has 126 valence electrons. The largest absolute Gasteiger partial charge is 0.460 e. The van der Waals surface area contributed by atoms with Gasteiger partial charge < -0.3 is 18.9 Å². The number of carbonyl (C=O) groups excluding carboxylic acids is 1. The number of unbranched alkanes of at least 4 members (excludes halogenated alkanes) is 2. The van der Waals surface area contributed by atoms with Gasteiger partial charge in [0.05, 0.1) is 39.5 Å². The second-order valence-corrected chi connectivity index (χ2v) is 5.88. The molecule has 0 saturated carbocycles. The van der Waals surface area contributed by atoms with E-state index in [-0.39, 0.29) is 12.4 Å². The van der Waals surface area contributed by atoms with Gasteiger partial charge in [0.1, 0.15) is 5.60 Å². The summed E-state index contributed by atoms with van der Waals surface area (Å²) in [6, 6.07) is 0. The first kappa shape index (κ1) is 20.3. The maximum atomic E-state index is 11.4. The average molecular weight is 304 g/mol. The Labute approximate surface area is 129 Å². The van der Waals surface area contributed by atoms with Crippen molar-refractivity contribution in [1.82, 2.24) is 0 Å². The first-order valence-corrected chi connectivity index (χ1v) is 7.91. The summed E-state index contributed by atoms with van der Waals surface area (Å²) in [6.45, 7) is 11.1. The van der Waals surface area contributed by atoms with E-state index in [0.717, 1.165) is 13.0 Å². The Hall–Kier alpha value is -0.650. The predicted octanol–water partition coefficient (Wildman–Crippen LogP) is 2.96. The van der Waals surface area contributed by atoms with Crippen molar-refractivity contribution in [3.63, 3.8) is 0 Å². The van der Waals surface area contributed by atoms with Crippen molar-refractivity contribution < 1.29 is 23.7 Å². The minimum absolute atomic E-state index is 0.233. The molecular formula is C16H32O5. The van der Waals surface area contributed by atoms with Crippen LogP contribution in [0.4, 0.5) is 0 Å². The van der Waals surface area contributed by atoms with Crippen LogP contribution in [0.15, 0.2) is 0 Å². The Morgan fingerprint density at radius 3 is 1.86 bits per heavy atom. The van der Waals surface area contributed by atoms with Gasteiger partial charge in [-0.15, -0.1) is 0 Å². The highest BCUT2D eigenvalue weighted by atomic mass is 16.6. The van der Waals surface area contributed by atoms with Crippen molar-refractivity contribution in [2.45, 2.75) is 59.0 Å². The molecule has 0 radical (unpaired) electrons. The van der Waals surface area contributed by atoms with Gasteiger partial charge >= 0.3 is 5.97 Å². The van der Waals surface area contributed by atoms with Crippen LogP contribution in [0, 0.1) is 0 Å². The van der Waals surface area contributed by atoms with Crippen LogP contribution in [-0.2, 0) is 23.7 Å². The normalized spacial score (nSPS) is 11.6. The molecule has 0 heterocycles. The molecule has 0 rings (SSSR count). The van der Waals surface area contributed by atoms with E-state index in [1.807, 2.05) is 20.8 Å². The van der Waals surface area contributed by atoms with E-state index in [4.69, 9.17) is 18.9 Å².